The Kier molecular flexibility index (Phi) is 3.38. The summed E-state index contributed by atoms with van der Waals surface area (Å²) in [6.45, 7) is 6.62. The first kappa shape index (κ1) is 11.6. The lowest BCUT2D eigenvalue weighted by Crippen LogP contribution is -1.95. The third-order valence-corrected chi connectivity index (χ3v) is 2.62. The van der Waals surface area contributed by atoms with Crippen molar-refractivity contribution in [1.29, 1.82) is 0 Å². The number of halogens is 1. The van der Waals surface area contributed by atoms with E-state index in [1.54, 1.807) is 24.4 Å². The molecule has 0 bridgehead atoms. The van der Waals surface area contributed by atoms with Crippen molar-refractivity contribution in [2.45, 2.75) is 19.9 Å². The molecule has 0 saturated carbocycles. The summed E-state index contributed by atoms with van der Waals surface area (Å²) in [5, 5.41) is 4.20. The monoisotopic (exact) mass is 230 g/mol. The van der Waals surface area contributed by atoms with E-state index in [1.165, 1.54) is 6.07 Å². The van der Waals surface area contributed by atoms with Crippen molar-refractivity contribution in [3.8, 4) is 11.1 Å². The maximum atomic E-state index is 13.7. The van der Waals surface area contributed by atoms with Crippen molar-refractivity contribution in [3.63, 3.8) is 0 Å². The molecule has 17 heavy (non-hydrogen) atoms. The molecule has 0 unspecified atom stereocenters. The standard InChI is InChI=1S/C14H15FN2/c1-3-7-17-10-12(9-16-17)13-8-11(4-2)5-6-14(13)15/h4-6,8-10H,2-3,7H2,1H3. The molecule has 2 nitrogen and oxygen atoms in total. The minimum Gasteiger partial charge on any atom is -0.272 e. The zero-order chi connectivity index (χ0) is 12.3. The Balaban J connectivity index is 2.40. The molecule has 0 amide bonds. The number of aromatic nitrogens is 2. The quantitative estimate of drug-likeness (QED) is 0.782. The van der Waals surface area contributed by atoms with Crippen molar-refractivity contribution >= 4 is 6.08 Å². The predicted molar refractivity (Wildman–Crippen MR) is 68.0 cm³/mol. The molecule has 1 heterocycles. The van der Waals surface area contributed by atoms with Crippen molar-refractivity contribution in [2.75, 3.05) is 0 Å². The maximum absolute atomic E-state index is 13.7. The Hall–Kier alpha value is -1.90. The molecule has 88 valence electrons. The van der Waals surface area contributed by atoms with Crippen molar-refractivity contribution in [2.24, 2.45) is 0 Å². The van der Waals surface area contributed by atoms with E-state index < -0.39 is 0 Å². The van der Waals surface area contributed by atoms with Crippen LogP contribution in [0.2, 0.25) is 0 Å². The van der Waals surface area contributed by atoms with Gasteiger partial charge in [-0.2, -0.15) is 5.10 Å². The van der Waals surface area contributed by atoms with Gasteiger partial charge in [0.2, 0.25) is 0 Å². The van der Waals surface area contributed by atoms with Crippen LogP contribution in [0.15, 0.2) is 37.2 Å². The molecule has 0 atom stereocenters. The molecule has 0 aliphatic heterocycles. The molecule has 1 aromatic heterocycles. The summed E-state index contributed by atoms with van der Waals surface area (Å²) < 4.78 is 15.5. The highest BCUT2D eigenvalue weighted by molar-refractivity contribution is 5.66. The van der Waals surface area contributed by atoms with Crippen LogP contribution in [0.1, 0.15) is 18.9 Å². The second kappa shape index (κ2) is 4.95. The van der Waals surface area contributed by atoms with Crippen LogP contribution in [0.25, 0.3) is 17.2 Å². The molecule has 2 rings (SSSR count). The molecule has 1 aromatic carbocycles. The lowest BCUT2D eigenvalue weighted by Gasteiger charge is -2.01. The van der Waals surface area contributed by atoms with Gasteiger partial charge in [0, 0.05) is 23.9 Å². The fourth-order valence-corrected chi connectivity index (χ4v) is 1.75. The van der Waals surface area contributed by atoms with Crippen LogP contribution in [-0.2, 0) is 6.54 Å². The van der Waals surface area contributed by atoms with E-state index in [0.717, 1.165) is 24.1 Å². The Morgan fingerprint density at radius 1 is 1.47 bits per heavy atom. The molecule has 0 saturated heterocycles. The van der Waals surface area contributed by atoms with Crippen LogP contribution in [0.3, 0.4) is 0 Å². The Labute approximate surface area is 100 Å². The van der Waals surface area contributed by atoms with E-state index >= 15 is 0 Å². The number of hydrogen-bond donors (Lipinski definition) is 0. The molecule has 0 radical (unpaired) electrons. The fourth-order valence-electron chi connectivity index (χ4n) is 1.75. The SMILES string of the molecule is C=Cc1ccc(F)c(-c2cnn(CCC)c2)c1. The van der Waals surface area contributed by atoms with Crippen molar-refractivity contribution in [3.05, 3.63) is 48.6 Å². The van der Waals surface area contributed by atoms with E-state index in [9.17, 15) is 4.39 Å². The molecule has 0 aliphatic rings. The molecule has 0 spiro atoms. The van der Waals surface area contributed by atoms with Crippen LogP contribution in [0.4, 0.5) is 4.39 Å². The normalized spacial score (nSPS) is 10.5. The third-order valence-electron chi connectivity index (χ3n) is 2.62. The van der Waals surface area contributed by atoms with Gasteiger partial charge in [-0.1, -0.05) is 25.6 Å². The summed E-state index contributed by atoms with van der Waals surface area (Å²) in [6, 6.07) is 4.96. The van der Waals surface area contributed by atoms with Gasteiger partial charge in [0.05, 0.1) is 6.20 Å². The number of nitrogens with zero attached hydrogens (tertiary/aromatic N) is 2. The first-order chi connectivity index (χ1) is 8.24. The van der Waals surface area contributed by atoms with Crippen LogP contribution < -0.4 is 0 Å². The summed E-state index contributed by atoms with van der Waals surface area (Å²) >= 11 is 0. The first-order valence-electron chi connectivity index (χ1n) is 5.69. The second-order valence-electron chi connectivity index (χ2n) is 3.94. The van der Waals surface area contributed by atoms with E-state index in [-0.39, 0.29) is 5.82 Å². The fraction of sp³-hybridized carbons (Fsp3) is 0.214. The molecule has 2 aromatic rings. The minimum atomic E-state index is -0.230. The highest BCUT2D eigenvalue weighted by Gasteiger charge is 2.07. The minimum absolute atomic E-state index is 0.230. The summed E-state index contributed by atoms with van der Waals surface area (Å²) in [5.41, 5.74) is 2.29. The highest BCUT2D eigenvalue weighted by atomic mass is 19.1. The van der Waals surface area contributed by atoms with Gasteiger partial charge in [0.25, 0.3) is 0 Å². The first-order valence-corrected chi connectivity index (χ1v) is 5.69. The zero-order valence-corrected chi connectivity index (χ0v) is 9.86. The van der Waals surface area contributed by atoms with E-state index in [4.69, 9.17) is 0 Å². The second-order valence-corrected chi connectivity index (χ2v) is 3.94. The van der Waals surface area contributed by atoms with Gasteiger partial charge in [0.1, 0.15) is 5.82 Å². The number of benzene rings is 1. The Morgan fingerprint density at radius 3 is 3.00 bits per heavy atom. The highest BCUT2D eigenvalue weighted by Crippen LogP contribution is 2.24. The molecular formula is C14H15FN2. The van der Waals surface area contributed by atoms with E-state index in [0.29, 0.717) is 5.56 Å². The summed E-state index contributed by atoms with van der Waals surface area (Å²) in [4.78, 5) is 0. The van der Waals surface area contributed by atoms with Gasteiger partial charge in [0.15, 0.2) is 0 Å². The van der Waals surface area contributed by atoms with E-state index in [1.807, 2.05) is 10.9 Å². The Morgan fingerprint density at radius 2 is 2.29 bits per heavy atom. The van der Waals surface area contributed by atoms with Gasteiger partial charge >= 0.3 is 0 Å². The lowest BCUT2D eigenvalue weighted by atomic mass is 10.1. The van der Waals surface area contributed by atoms with Crippen LogP contribution in [-0.4, -0.2) is 9.78 Å². The van der Waals surface area contributed by atoms with Gasteiger partial charge in [-0.3, -0.25) is 4.68 Å². The smallest absolute Gasteiger partial charge is 0.131 e. The molecule has 0 fully saturated rings. The molecule has 0 aliphatic carbocycles. The number of aryl methyl sites for hydroxylation is 1. The van der Waals surface area contributed by atoms with Gasteiger partial charge in [-0.15, -0.1) is 0 Å². The van der Waals surface area contributed by atoms with Crippen molar-refractivity contribution < 1.29 is 4.39 Å². The number of hydrogen-bond acceptors (Lipinski definition) is 1. The van der Waals surface area contributed by atoms with Gasteiger partial charge in [-0.05, 0) is 24.1 Å². The number of rotatable bonds is 4. The van der Waals surface area contributed by atoms with Crippen LogP contribution >= 0.6 is 0 Å². The average molecular weight is 230 g/mol. The van der Waals surface area contributed by atoms with Gasteiger partial charge in [-0.25, -0.2) is 4.39 Å². The zero-order valence-electron chi connectivity index (χ0n) is 9.86. The lowest BCUT2D eigenvalue weighted by molar-refractivity contribution is 0.602. The van der Waals surface area contributed by atoms with E-state index in [2.05, 4.69) is 18.6 Å². The summed E-state index contributed by atoms with van der Waals surface area (Å²) in [5.74, 6) is -0.230. The molecule has 0 N–H and O–H groups in total. The third kappa shape index (κ3) is 2.44. The molecular weight excluding hydrogens is 215 g/mol. The Bertz CT molecular complexity index is 529. The van der Waals surface area contributed by atoms with Gasteiger partial charge < -0.3 is 0 Å². The van der Waals surface area contributed by atoms with Crippen molar-refractivity contribution in [1.82, 2.24) is 9.78 Å². The average Bonchev–Trinajstić information content (AvgIpc) is 2.79. The summed E-state index contributed by atoms with van der Waals surface area (Å²) in [7, 11) is 0. The summed E-state index contributed by atoms with van der Waals surface area (Å²) in [6.07, 6.45) is 6.28. The largest absolute Gasteiger partial charge is 0.272 e. The van der Waals surface area contributed by atoms with Crippen LogP contribution in [0, 0.1) is 5.82 Å². The maximum Gasteiger partial charge on any atom is 0.131 e. The topological polar surface area (TPSA) is 17.8 Å². The predicted octanol–water partition coefficient (Wildman–Crippen LogP) is 3.74. The molecule has 3 heteroatoms. The van der Waals surface area contributed by atoms with Crippen LogP contribution in [0.5, 0.6) is 0 Å².